The maximum Gasteiger partial charge on any atom is 0.167 e. The number of hydrogen-bond donors (Lipinski definition) is 4. The van der Waals surface area contributed by atoms with E-state index in [1.165, 1.54) is 29.4 Å². The highest BCUT2D eigenvalue weighted by molar-refractivity contribution is 5.82. The second-order valence-corrected chi connectivity index (χ2v) is 6.69. The van der Waals surface area contributed by atoms with Crippen LogP contribution in [0.1, 0.15) is 24.8 Å². The predicted octanol–water partition coefficient (Wildman–Crippen LogP) is 0.750. The molecule has 0 amide bonds. The first-order valence-corrected chi connectivity index (χ1v) is 8.81. The summed E-state index contributed by atoms with van der Waals surface area (Å²) in [7, 11) is 0. The molecule has 1 fully saturated rings. The van der Waals surface area contributed by atoms with Crippen molar-refractivity contribution in [1.82, 2.24) is 19.5 Å². The first-order chi connectivity index (χ1) is 13.5. The van der Waals surface area contributed by atoms with Crippen molar-refractivity contribution in [3.05, 3.63) is 48.3 Å². The summed E-state index contributed by atoms with van der Waals surface area (Å²) >= 11 is 0. The molecule has 0 aliphatic carbocycles. The number of aromatic nitrogens is 4. The number of anilines is 1. The first-order valence-electron chi connectivity index (χ1n) is 8.81. The summed E-state index contributed by atoms with van der Waals surface area (Å²) in [5.74, 6) is 0.157. The smallest absolute Gasteiger partial charge is 0.167 e. The normalized spacial score (nSPS) is 25.9. The predicted molar refractivity (Wildman–Crippen MR) is 96.8 cm³/mol. The lowest BCUT2D eigenvalue weighted by Crippen LogP contribution is -2.33. The van der Waals surface area contributed by atoms with Crippen LogP contribution in [0.15, 0.2) is 36.9 Å². The molecule has 1 unspecified atom stereocenters. The van der Waals surface area contributed by atoms with E-state index in [1.807, 2.05) is 6.92 Å². The van der Waals surface area contributed by atoms with Gasteiger partial charge in [0.05, 0.1) is 19.0 Å². The number of nitrogens with zero attached hydrogens (tertiary/aromatic N) is 4. The quantitative estimate of drug-likeness (QED) is 0.504. The van der Waals surface area contributed by atoms with E-state index in [0.29, 0.717) is 17.0 Å². The zero-order valence-electron chi connectivity index (χ0n) is 15.0. The highest BCUT2D eigenvalue weighted by atomic mass is 19.1. The van der Waals surface area contributed by atoms with Crippen molar-refractivity contribution < 1.29 is 24.4 Å². The summed E-state index contributed by atoms with van der Waals surface area (Å²) in [6.07, 6.45) is -1.50. The molecule has 10 heteroatoms. The number of aliphatic hydroxyl groups is 3. The van der Waals surface area contributed by atoms with Gasteiger partial charge in [-0.15, -0.1) is 0 Å². The number of imidazole rings is 1. The summed E-state index contributed by atoms with van der Waals surface area (Å²) in [4.78, 5) is 12.8. The standard InChI is InChI=1S/C18H20FN5O4/c1-9(10-2-4-11(19)5-3-10)23-16-13-17(21-7-20-16)24(8-22-13)18-15(27)14(26)12(6-25)28-18/h2-5,7-9,12,14-15,18,25-27H,6H2,1H3,(H,20,21,23)/t9-,12-,14+,15?,18-/m1/s1. The van der Waals surface area contributed by atoms with Gasteiger partial charge in [0, 0.05) is 0 Å². The lowest BCUT2D eigenvalue weighted by molar-refractivity contribution is -0.0511. The van der Waals surface area contributed by atoms with Gasteiger partial charge in [-0.05, 0) is 24.6 Å². The van der Waals surface area contributed by atoms with E-state index in [-0.39, 0.29) is 11.9 Å². The average molecular weight is 389 g/mol. The monoisotopic (exact) mass is 389 g/mol. The number of rotatable bonds is 5. The molecule has 4 rings (SSSR count). The summed E-state index contributed by atoms with van der Waals surface area (Å²) in [6.45, 7) is 1.49. The van der Waals surface area contributed by atoms with E-state index >= 15 is 0 Å². The molecule has 1 aromatic carbocycles. The van der Waals surface area contributed by atoms with E-state index in [9.17, 15) is 19.7 Å². The van der Waals surface area contributed by atoms with Crippen molar-refractivity contribution in [3.63, 3.8) is 0 Å². The van der Waals surface area contributed by atoms with Gasteiger partial charge in [0.1, 0.15) is 30.5 Å². The third-order valence-corrected chi connectivity index (χ3v) is 4.87. The Morgan fingerprint density at radius 3 is 2.61 bits per heavy atom. The van der Waals surface area contributed by atoms with Crippen LogP contribution in [-0.2, 0) is 4.74 Å². The Bertz CT molecular complexity index is 966. The molecular weight excluding hydrogens is 369 g/mol. The van der Waals surface area contributed by atoms with Crippen LogP contribution < -0.4 is 5.32 Å². The molecule has 9 nitrogen and oxygen atoms in total. The van der Waals surface area contributed by atoms with Crippen LogP contribution in [0.2, 0.25) is 0 Å². The number of nitrogens with one attached hydrogen (secondary N) is 1. The molecule has 1 saturated heterocycles. The Morgan fingerprint density at radius 1 is 1.18 bits per heavy atom. The van der Waals surface area contributed by atoms with Gasteiger partial charge in [-0.2, -0.15) is 0 Å². The Kier molecular flexibility index (Phi) is 4.94. The second-order valence-electron chi connectivity index (χ2n) is 6.69. The molecular formula is C18H20FN5O4. The fourth-order valence-electron chi connectivity index (χ4n) is 3.29. The molecule has 0 bridgehead atoms. The number of fused-ring (bicyclic) bond motifs is 1. The summed E-state index contributed by atoms with van der Waals surface area (Å²) in [5.41, 5.74) is 1.73. The molecule has 2 aromatic heterocycles. The topological polar surface area (TPSA) is 126 Å². The van der Waals surface area contributed by atoms with Crippen LogP contribution in [0.25, 0.3) is 11.2 Å². The van der Waals surface area contributed by atoms with Crippen LogP contribution >= 0.6 is 0 Å². The molecule has 0 spiro atoms. The Morgan fingerprint density at radius 2 is 1.93 bits per heavy atom. The SMILES string of the molecule is C[C@@H](Nc1ncnc2c1ncn2[C@@H]1O[C@H](CO)[C@H](O)C1O)c1ccc(F)cc1. The molecule has 1 aliphatic rings. The van der Waals surface area contributed by atoms with E-state index in [0.717, 1.165) is 5.56 Å². The highest BCUT2D eigenvalue weighted by Crippen LogP contribution is 2.32. The van der Waals surface area contributed by atoms with E-state index in [4.69, 9.17) is 4.74 Å². The van der Waals surface area contributed by atoms with Gasteiger partial charge in [0.25, 0.3) is 0 Å². The maximum absolute atomic E-state index is 13.1. The van der Waals surface area contributed by atoms with Crippen molar-refractivity contribution in [1.29, 1.82) is 0 Å². The number of aliphatic hydroxyl groups excluding tert-OH is 3. The lowest BCUT2D eigenvalue weighted by atomic mass is 10.1. The van der Waals surface area contributed by atoms with Crippen LogP contribution in [0, 0.1) is 5.82 Å². The zero-order chi connectivity index (χ0) is 19.8. The van der Waals surface area contributed by atoms with E-state index < -0.39 is 31.1 Å². The lowest BCUT2D eigenvalue weighted by Gasteiger charge is -2.17. The zero-order valence-corrected chi connectivity index (χ0v) is 15.0. The first kappa shape index (κ1) is 18.7. The van der Waals surface area contributed by atoms with E-state index in [2.05, 4.69) is 20.3 Å². The van der Waals surface area contributed by atoms with Crippen molar-refractivity contribution in [3.8, 4) is 0 Å². The van der Waals surface area contributed by atoms with Gasteiger partial charge in [-0.1, -0.05) is 12.1 Å². The summed E-state index contributed by atoms with van der Waals surface area (Å²) in [5, 5.41) is 32.7. The molecule has 1 aliphatic heterocycles. The minimum Gasteiger partial charge on any atom is -0.394 e. The third-order valence-electron chi connectivity index (χ3n) is 4.87. The number of halogens is 1. The van der Waals surface area contributed by atoms with E-state index in [1.54, 1.807) is 12.1 Å². The van der Waals surface area contributed by atoms with Gasteiger partial charge < -0.3 is 25.4 Å². The largest absolute Gasteiger partial charge is 0.394 e. The summed E-state index contributed by atoms with van der Waals surface area (Å²) in [6, 6.07) is 5.98. The molecule has 4 N–H and O–H groups in total. The molecule has 5 atom stereocenters. The second kappa shape index (κ2) is 7.40. The van der Waals surface area contributed by atoms with Crippen molar-refractivity contribution >= 4 is 17.0 Å². The molecule has 0 saturated carbocycles. The number of benzene rings is 1. The van der Waals surface area contributed by atoms with Crippen molar-refractivity contribution in [2.75, 3.05) is 11.9 Å². The maximum atomic E-state index is 13.1. The molecule has 3 heterocycles. The fraction of sp³-hybridized carbons (Fsp3) is 0.389. The minimum atomic E-state index is -1.24. The molecule has 148 valence electrons. The Labute approximate surface area is 159 Å². The van der Waals surface area contributed by atoms with Crippen molar-refractivity contribution in [2.45, 2.75) is 37.5 Å². The molecule has 0 radical (unpaired) electrons. The van der Waals surface area contributed by atoms with Crippen molar-refractivity contribution in [2.24, 2.45) is 0 Å². The Balaban J connectivity index is 1.63. The van der Waals surface area contributed by atoms with Gasteiger partial charge in [-0.3, -0.25) is 4.57 Å². The average Bonchev–Trinajstić information content (AvgIpc) is 3.24. The van der Waals surface area contributed by atoms with Crippen LogP contribution in [0.4, 0.5) is 10.2 Å². The van der Waals surface area contributed by atoms with Gasteiger partial charge in [0.2, 0.25) is 0 Å². The van der Waals surface area contributed by atoms with Crippen LogP contribution in [0.5, 0.6) is 0 Å². The van der Waals surface area contributed by atoms with Gasteiger partial charge in [-0.25, -0.2) is 19.3 Å². The third kappa shape index (κ3) is 3.20. The van der Waals surface area contributed by atoms with Crippen LogP contribution in [0.3, 0.4) is 0 Å². The molecule has 3 aromatic rings. The fourth-order valence-corrected chi connectivity index (χ4v) is 3.29. The Hall–Kier alpha value is -2.66. The summed E-state index contributed by atoms with van der Waals surface area (Å²) < 4.78 is 20.2. The number of ether oxygens (including phenoxy) is 1. The van der Waals surface area contributed by atoms with Crippen LogP contribution in [-0.4, -0.2) is 59.8 Å². The van der Waals surface area contributed by atoms with Gasteiger partial charge in [0.15, 0.2) is 23.2 Å². The minimum absolute atomic E-state index is 0.169. The van der Waals surface area contributed by atoms with Gasteiger partial charge >= 0.3 is 0 Å². The molecule has 28 heavy (non-hydrogen) atoms. The number of hydrogen-bond acceptors (Lipinski definition) is 8. The highest BCUT2D eigenvalue weighted by Gasteiger charge is 2.44.